The minimum Gasteiger partial charge on any atom is -0.396 e. The lowest BCUT2D eigenvalue weighted by atomic mass is 10.1. The van der Waals surface area contributed by atoms with Crippen molar-refractivity contribution in [2.75, 3.05) is 26.3 Å². The first kappa shape index (κ1) is 17.2. The number of aliphatic hydroxyl groups is 2. The first-order chi connectivity index (χ1) is 11.3. The van der Waals surface area contributed by atoms with Gasteiger partial charge in [0.1, 0.15) is 0 Å². The van der Waals surface area contributed by atoms with Crippen molar-refractivity contribution < 1.29 is 10.2 Å². The maximum absolute atomic E-state index is 9.17. The molecule has 122 valence electrons. The summed E-state index contributed by atoms with van der Waals surface area (Å²) in [4.78, 5) is 6.66. The first-order valence-corrected chi connectivity index (χ1v) is 8.00. The predicted octanol–water partition coefficient (Wildman–Crippen LogP) is 2.65. The number of hydrogen-bond donors (Lipinski definition) is 2. The Morgan fingerprint density at radius 1 is 0.913 bits per heavy atom. The highest BCUT2D eigenvalue weighted by atomic mass is 16.3. The molecule has 0 fully saturated rings. The van der Waals surface area contributed by atoms with Crippen LogP contribution in [0.4, 0.5) is 0 Å². The quantitative estimate of drug-likeness (QED) is 0.747. The molecule has 0 aliphatic heterocycles. The monoisotopic (exact) mass is 312 g/mol. The number of nitrogens with zero attached hydrogens (tertiary/aromatic N) is 2. The summed E-state index contributed by atoms with van der Waals surface area (Å²) in [6, 6.07) is 16.0. The standard InChI is InChI=1S/C19H24N2O2/c22-14-6-12-21(13-7-15-23)19(18-10-4-5-11-20-18)16-17-8-2-1-3-9-17/h1-5,8-11,16,22-23H,6-7,12-15H2. The Morgan fingerprint density at radius 3 is 2.13 bits per heavy atom. The Balaban J connectivity index is 2.35. The van der Waals surface area contributed by atoms with Gasteiger partial charge in [0.15, 0.2) is 0 Å². The van der Waals surface area contributed by atoms with Gasteiger partial charge in [-0.15, -0.1) is 0 Å². The lowest BCUT2D eigenvalue weighted by Crippen LogP contribution is -2.26. The Labute approximate surface area is 137 Å². The van der Waals surface area contributed by atoms with Crippen LogP contribution in [0.1, 0.15) is 24.1 Å². The molecular weight excluding hydrogens is 288 g/mol. The molecule has 0 amide bonds. The van der Waals surface area contributed by atoms with Gasteiger partial charge in [0, 0.05) is 32.5 Å². The topological polar surface area (TPSA) is 56.6 Å². The summed E-state index contributed by atoms with van der Waals surface area (Å²) < 4.78 is 0. The van der Waals surface area contributed by atoms with Gasteiger partial charge in [0.2, 0.25) is 0 Å². The van der Waals surface area contributed by atoms with E-state index in [1.165, 1.54) is 0 Å². The number of aromatic nitrogens is 1. The molecular formula is C19H24N2O2. The van der Waals surface area contributed by atoms with Gasteiger partial charge in [0.05, 0.1) is 11.4 Å². The second kappa shape index (κ2) is 9.77. The molecule has 4 heteroatoms. The van der Waals surface area contributed by atoms with Crippen molar-refractivity contribution >= 4 is 11.8 Å². The molecule has 2 N–H and O–H groups in total. The molecule has 0 saturated heterocycles. The number of rotatable bonds is 9. The van der Waals surface area contributed by atoms with Crippen molar-refractivity contribution in [3.05, 3.63) is 66.0 Å². The van der Waals surface area contributed by atoms with E-state index in [1.54, 1.807) is 6.20 Å². The van der Waals surface area contributed by atoms with Crippen LogP contribution >= 0.6 is 0 Å². The van der Waals surface area contributed by atoms with Crippen molar-refractivity contribution in [3.8, 4) is 0 Å². The lowest BCUT2D eigenvalue weighted by molar-refractivity contribution is 0.242. The number of aliphatic hydroxyl groups excluding tert-OH is 2. The van der Waals surface area contributed by atoms with Gasteiger partial charge in [-0.05, 0) is 36.6 Å². The maximum atomic E-state index is 9.17. The van der Waals surface area contributed by atoms with Crippen LogP contribution in [0.3, 0.4) is 0 Å². The van der Waals surface area contributed by atoms with Gasteiger partial charge < -0.3 is 15.1 Å². The summed E-state index contributed by atoms with van der Waals surface area (Å²) in [5.41, 5.74) is 3.01. The van der Waals surface area contributed by atoms with Gasteiger partial charge in [0.25, 0.3) is 0 Å². The largest absolute Gasteiger partial charge is 0.396 e. The number of hydrogen-bond acceptors (Lipinski definition) is 4. The summed E-state index contributed by atoms with van der Waals surface area (Å²) in [5.74, 6) is 0. The highest BCUT2D eigenvalue weighted by Gasteiger charge is 2.12. The third-order valence-electron chi connectivity index (χ3n) is 3.54. The molecule has 2 rings (SSSR count). The maximum Gasteiger partial charge on any atom is 0.0863 e. The molecule has 0 aliphatic rings. The molecule has 0 aliphatic carbocycles. The Morgan fingerprint density at radius 2 is 1.57 bits per heavy atom. The summed E-state index contributed by atoms with van der Waals surface area (Å²) in [7, 11) is 0. The second-order valence-corrected chi connectivity index (χ2v) is 5.30. The highest BCUT2D eigenvalue weighted by molar-refractivity contribution is 5.78. The van der Waals surface area contributed by atoms with E-state index >= 15 is 0 Å². The van der Waals surface area contributed by atoms with Crippen LogP contribution < -0.4 is 0 Å². The average Bonchev–Trinajstić information content (AvgIpc) is 2.62. The molecule has 23 heavy (non-hydrogen) atoms. The van der Waals surface area contributed by atoms with Gasteiger partial charge in [-0.2, -0.15) is 0 Å². The zero-order valence-electron chi connectivity index (χ0n) is 13.3. The molecule has 0 spiro atoms. The van der Waals surface area contributed by atoms with Gasteiger partial charge in [-0.3, -0.25) is 4.98 Å². The molecule has 2 aromatic rings. The summed E-state index contributed by atoms with van der Waals surface area (Å²) in [6.07, 6.45) is 5.26. The van der Waals surface area contributed by atoms with E-state index in [1.807, 2.05) is 36.4 Å². The number of pyridine rings is 1. The highest BCUT2D eigenvalue weighted by Crippen LogP contribution is 2.21. The van der Waals surface area contributed by atoms with E-state index in [0.29, 0.717) is 12.8 Å². The smallest absolute Gasteiger partial charge is 0.0863 e. The minimum absolute atomic E-state index is 0.149. The molecule has 0 atom stereocenters. The molecule has 0 unspecified atom stereocenters. The van der Waals surface area contributed by atoms with Crippen molar-refractivity contribution in [2.45, 2.75) is 12.8 Å². The summed E-state index contributed by atoms with van der Waals surface area (Å²) in [6.45, 7) is 1.75. The van der Waals surface area contributed by atoms with Gasteiger partial charge in [-0.1, -0.05) is 36.4 Å². The van der Waals surface area contributed by atoms with Crippen LogP contribution in [0.25, 0.3) is 11.8 Å². The predicted molar refractivity (Wildman–Crippen MR) is 93.5 cm³/mol. The SMILES string of the molecule is OCCCN(CCCO)C(=Cc1ccccc1)c1ccccn1. The fourth-order valence-electron chi connectivity index (χ4n) is 2.42. The third kappa shape index (κ3) is 5.51. The lowest BCUT2D eigenvalue weighted by Gasteiger charge is -2.27. The fourth-order valence-corrected chi connectivity index (χ4v) is 2.42. The Kier molecular flexibility index (Phi) is 7.30. The molecule has 0 bridgehead atoms. The van der Waals surface area contributed by atoms with E-state index in [2.05, 4.69) is 28.1 Å². The van der Waals surface area contributed by atoms with Gasteiger partial charge >= 0.3 is 0 Å². The van der Waals surface area contributed by atoms with Crippen molar-refractivity contribution in [1.82, 2.24) is 9.88 Å². The number of benzene rings is 1. The fraction of sp³-hybridized carbons (Fsp3) is 0.316. The molecule has 4 nitrogen and oxygen atoms in total. The van der Waals surface area contributed by atoms with Crippen LogP contribution in [-0.4, -0.2) is 46.4 Å². The van der Waals surface area contributed by atoms with Crippen LogP contribution in [0.15, 0.2) is 54.7 Å². The normalized spacial score (nSPS) is 11.5. The van der Waals surface area contributed by atoms with E-state index < -0.39 is 0 Å². The Hall–Kier alpha value is -2.17. The van der Waals surface area contributed by atoms with Crippen molar-refractivity contribution in [1.29, 1.82) is 0 Å². The van der Waals surface area contributed by atoms with Crippen LogP contribution in [0.5, 0.6) is 0 Å². The second-order valence-electron chi connectivity index (χ2n) is 5.30. The average molecular weight is 312 g/mol. The van der Waals surface area contributed by atoms with E-state index in [0.717, 1.165) is 30.0 Å². The molecule has 1 heterocycles. The molecule has 0 radical (unpaired) electrons. The van der Waals surface area contributed by atoms with Gasteiger partial charge in [-0.25, -0.2) is 0 Å². The van der Waals surface area contributed by atoms with Crippen LogP contribution in [0, 0.1) is 0 Å². The Bertz CT molecular complexity index is 577. The molecule has 0 saturated carbocycles. The minimum atomic E-state index is 0.149. The van der Waals surface area contributed by atoms with Crippen LogP contribution in [0.2, 0.25) is 0 Å². The van der Waals surface area contributed by atoms with Crippen LogP contribution in [-0.2, 0) is 0 Å². The zero-order chi connectivity index (χ0) is 16.3. The summed E-state index contributed by atoms with van der Waals surface area (Å²) >= 11 is 0. The molecule has 1 aromatic heterocycles. The third-order valence-corrected chi connectivity index (χ3v) is 3.54. The van der Waals surface area contributed by atoms with Crippen molar-refractivity contribution in [2.24, 2.45) is 0 Å². The van der Waals surface area contributed by atoms with Crippen molar-refractivity contribution in [3.63, 3.8) is 0 Å². The summed E-state index contributed by atoms with van der Waals surface area (Å²) in [5, 5.41) is 18.3. The first-order valence-electron chi connectivity index (χ1n) is 8.00. The molecule has 1 aromatic carbocycles. The van der Waals surface area contributed by atoms with E-state index in [4.69, 9.17) is 0 Å². The van der Waals surface area contributed by atoms with E-state index in [-0.39, 0.29) is 13.2 Å². The zero-order valence-corrected chi connectivity index (χ0v) is 13.3. The van der Waals surface area contributed by atoms with E-state index in [9.17, 15) is 10.2 Å².